The Morgan fingerprint density at radius 3 is 2.25 bits per heavy atom. The third kappa shape index (κ3) is 0.530. The summed E-state index contributed by atoms with van der Waals surface area (Å²) in [5.74, 6) is 1.10. The van der Waals surface area contributed by atoms with E-state index >= 15 is 0 Å². The van der Waals surface area contributed by atoms with Crippen LogP contribution in [0.25, 0.3) is 0 Å². The summed E-state index contributed by atoms with van der Waals surface area (Å²) >= 11 is 1.88. The van der Waals surface area contributed by atoms with Gasteiger partial charge in [-0.05, 0) is 0 Å². The lowest BCUT2D eigenvalue weighted by Gasteiger charge is -2.03. The summed E-state index contributed by atoms with van der Waals surface area (Å²) in [5.41, 5.74) is 0. The fourth-order valence-electron chi connectivity index (χ4n) is 0.775. The van der Waals surface area contributed by atoms with Gasteiger partial charge in [0.1, 0.15) is 0 Å². The molecule has 0 fully saturated rings. The van der Waals surface area contributed by atoms with Gasteiger partial charge in [-0.2, -0.15) is 4.57 Å². The van der Waals surface area contributed by atoms with Gasteiger partial charge in [-0.25, -0.2) is 0 Å². The van der Waals surface area contributed by atoms with Crippen molar-refractivity contribution in [3.8, 4) is 0 Å². The van der Waals surface area contributed by atoms with E-state index in [1.54, 1.807) is 0 Å². The van der Waals surface area contributed by atoms with Gasteiger partial charge in [0, 0.05) is 17.0 Å². The van der Waals surface area contributed by atoms with E-state index in [0.717, 1.165) is 5.88 Å². The normalized spacial score (nSPS) is 14.5. The van der Waals surface area contributed by atoms with Crippen LogP contribution in [0.1, 0.15) is 0 Å². The summed E-state index contributed by atoms with van der Waals surface area (Å²) in [6, 6.07) is 4.27. The Labute approximate surface area is 52.3 Å². The van der Waals surface area contributed by atoms with Crippen LogP contribution in [0.2, 0.25) is 0 Å². The Kier molecular flexibility index (Phi) is 0.815. The standard InChI is InChI=1S/C6H6NS/c1-3-7-4-2-6(1)8-5-7/h1-4H,5H2/q+1. The predicted octanol–water partition coefficient (Wildman–Crippen LogP) is 1.04. The summed E-state index contributed by atoms with van der Waals surface area (Å²) in [6.07, 6.45) is 4.21. The number of hydrogen-bond donors (Lipinski definition) is 0. The van der Waals surface area contributed by atoms with Crippen molar-refractivity contribution >= 4 is 11.8 Å². The fourth-order valence-corrected chi connectivity index (χ4v) is 1.56. The molecule has 0 unspecified atom stereocenters. The van der Waals surface area contributed by atoms with E-state index < -0.39 is 0 Å². The van der Waals surface area contributed by atoms with Gasteiger partial charge in [0.2, 0.25) is 0 Å². The highest BCUT2D eigenvalue weighted by Gasteiger charge is 2.08. The van der Waals surface area contributed by atoms with E-state index in [0.29, 0.717) is 0 Å². The highest BCUT2D eigenvalue weighted by atomic mass is 32.2. The van der Waals surface area contributed by atoms with Crippen LogP contribution in [0.15, 0.2) is 29.4 Å². The molecule has 0 N–H and O–H groups in total. The fraction of sp³-hybridized carbons (Fsp3) is 0.167. The molecule has 0 saturated heterocycles. The van der Waals surface area contributed by atoms with Crippen LogP contribution in [0.5, 0.6) is 0 Å². The summed E-state index contributed by atoms with van der Waals surface area (Å²) in [4.78, 5) is 1.38. The Morgan fingerprint density at radius 1 is 1.38 bits per heavy atom. The topological polar surface area (TPSA) is 3.88 Å². The van der Waals surface area contributed by atoms with Gasteiger partial charge in [0.05, 0.1) is 0 Å². The minimum atomic E-state index is 1.10. The summed E-state index contributed by atoms with van der Waals surface area (Å²) < 4.78 is 2.16. The SMILES string of the molecule is c1c[n+]2ccc1SC2. The van der Waals surface area contributed by atoms with E-state index in [1.807, 2.05) is 11.8 Å². The van der Waals surface area contributed by atoms with Gasteiger partial charge in [0.15, 0.2) is 18.3 Å². The van der Waals surface area contributed by atoms with Gasteiger partial charge in [0.25, 0.3) is 0 Å². The Bertz CT molecular complexity index is 169. The number of fused-ring (bicyclic) bond motifs is 3. The third-order valence-corrected chi connectivity index (χ3v) is 2.27. The molecule has 0 saturated carbocycles. The summed E-state index contributed by atoms with van der Waals surface area (Å²) in [6.45, 7) is 0. The molecule has 1 aromatic heterocycles. The zero-order chi connectivity index (χ0) is 5.40. The quantitative estimate of drug-likeness (QED) is 0.467. The second-order valence-electron chi connectivity index (χ2n) is 1.82. The lowest BCUT2D eigenvalue weighted by Crippen LogP contribution is -2.33. The van der Waals surface area contributed by atoms with Crippen molar-refractivity contribution in [3.05, 3.63) is 24.5 Å². The lowest BCUT2D eigenvalue weighted by atomic mass is 10.5. The van der Waals surface area contributed by atoms with Crippen molar-refractivity contribution in [1.29, 1.82) is 0 Å². The van der Waals surface area contributed by atoms with Crippen LogP contribution in [0, 0.1) is 0 Å². The molecule has 2 bridgehead atoms. The molecule has 0 amide bonds. The zero-order valence-corrected chi connectivity index (χ0v) is 5.19. The molecule has 1 aromatic rings. The first-order valence-corrected chi connectivity index (χ1v) is 3.56. The van der Waals surface area contributed by atoms with Crippen molar-refractivity contribution in [1.82, 2.24) is 0 Å². The zero-order valence-electron chi connectivity index (χ0n) is 4.37. The maximum absolute atomic E-state index is 2.16. The minimum Gasteiger partial charge on any atom is -0.195 e. The average molecular weight is 124 g/mol. The second-order valence-corrected chi connectivity index (χ2v) is 2.84. The van der Waals surface area contributed by atoms with Gasteiger partial charge < -0.3 is 0 Å². The highest BCUT2D eigenvalue weighted by Crippen LogP contribution is 2.19. The van der Waals surface area contributed by atoms with Gasteiger partial charge >= 0.3 is 0 Å². The van der Waals surface area contributed by atoms with Crippen LogP contribution in [-0.2, 0) is 5.88 Å². The molecule has 3 rings (SSSR count). The second kappa shape index (κ2) is 1.49. The molecule has 8 heavy (non-hydrogen) atoms. The van der Waals surface area contributed by atoms with Crippen LogP contribution < -0.4 is 4.57 Å². The molecule has 2 aliphatic rings. The van der Waals surface area contributed by atoms with Crippen molar-refractivity contribution < 1.29 is 4.57 Å². The number of pyridine rings is 1. The van der Waals surface area contributed by atoms with Crippen LogP contribution in [0.4, 0.5) is 0 Å². The average Bonchev–Trinajstić information content (AvgIpc) is 1.92. The molecular formula is C6H6NS+. The number of thioether (sulfide) groups is 1. The largest absolute Gasteiger partial charge is 0.198 e. The molecule has 40 valence electrons. The highest BCUT2D eigenvalue weighted by molar-refractivity contribution is 7.98. The number of rotatable bonds is 0. The Morgan fingerprint density at radius 2 is 2.12 bits per heavy atom. The molecule has 0 atom stereocenters. The maximum Gasteiger partial charge on any atom is 0.198 e. The molecule has 1 nitrogen and oxygen atoms in total. The minimum absolute atomic E-state index is 1.10. The first kappa shape index (κ1) is 4.39. The molecule has 3 heterocycles. The maximum atomic E-state index is 2.16. The van der Waals surface area contributed by atoms with Crippen molar-refractivity contribution in [3.63, 3.8) is 0 Å². The van der Waals surface area contributed by atoms with Gasteiger partial charge in [-0.3, -0.25) is 0 Å². The van der Waals surface area contributed by atoms with E-state index in [9.17, 15) is 0 Å². The van der Waals surface area contributed by atoms with Crippen LogP contribution in [-0.4, -0.2) is 0 Å². The van der Waals surface area contributed by atoms with E-state index in [2.05, 4.69) is 29.1 Å². The summed E-state index contributed by atoms with van der Waals surface area (Å²) in [5, 5.41) is 0. The van der Waals surface area contributed by atoms with Crippen LogP contribution in [0.3, 0.4) is 0 Å². The Hall–Kier alpha value is -0.500. The first-order chi connectivity index (χ1) is 3.95. The van der Waals surface area contributed by atoms with Crippen LogP contribution >= 0.6 is 11.8 Å². The molecule has 0 radical (unpaired) electrons. The van der Waals surface area contributed by atoms with Crippen molar-refractivity contribution in [2.45, 2.75) is 10.8 Å². The molecule has 2 heteroatoms. The molecule has 0 aliphatic carbocycles. The summed E-state index contributed by atoms with van der Waals surface area (Å²) in [7, 11) is 0. The Balaban J connectivity index is 2.69. The molecule has 0 spiro atoms. The van der Waals surface area contributed by atoms with Crippen molar-refractivity contribution in [2.24, 2.45) is 0 Å². The number of nitrogens with zero attached hydrogens (tertiary/aromatic N) is 1. The molecule has 0 aromatic carbocycles. The van der Waals surface area contributed by atoms with E-state index in [-0.39, 0.29) is 0 Å². The van der Waals surface area contributed by atoms with Gasteiger partial charge in [-0.1, -0.05) is 11.8 Å². The van der Waals surface area contributed by atoms with Crippen molar-refractivity contribution in [2.75, 3.05) is 0 Å². The molecule has 2 aliphatic heterocycles. The van der Waals surface area contributed by atoms with E-state index in [4.69, 9.17) is 0 Å². The smallest absolute Gasteiger partial charge is 0.195 e. The predicted molar refractivity (Wildman–Crippen MR) is 32.5 cm³/mol. The van der Waals surface area contributed by atoms with E-state index in [1.165, 1.54) is 4.90 Å². The third-order valence-electron chi connectivity index (χ3n) is 1.24. The first-order valence-electron chi connectivity index (χ1n) is 2.57. The lowest BCUT2D eigenvalue weighted by molar-refractivity contribution is -0.677. The number of aromatic nitrogens is 1. The number of hydrogen-bond acceptors (Lipinski definition) is 1. The molecular weight excluding hydrogens is 118 g/mol. The monoisotopic (exact) mass is 124 g/mol. The van der Waals surface area contributed by atoms with Gasteiger partial charge in [-0.15, -0.1) is 0 Å².